The van der Waals surface area contributed by atoms with Crippen molar-refractivity contribution in [1.82, 2.24) is 9.78 Å². The molecule has 0 unspecified atom stereocenters. The van der Waals surface area contributed by atoms with Gasteiger partial charge in [-0.3, -0.25) is 4.79 Å². The highest BCUT2D eigenvalue weighted by Gasteiger charge is 2.21. The molecule has 0 radical (unpaired) electrons. The van der Waals surface area contributed by atoms with Crippen LogP contribution >= 0.6 is 11.6 Å². The van der Waals surface area contributed by atoms with Gasteiger partial charge in [-0.1, -0.05) is 11.6 Å². The molecule has 1 aromatic heterocycles. The van der Waals surface area contributed by atoms with E-state index in [1.807, 2.05) is 43.3 Å². The fraction of sp³-hybridized carbons (Fsp3) is 0.158. The number of aromatic nitrogens is 2. The molecule has 0 saturated carbocycles. The summed E-state index contributed by atoms with van der Waals surface area (Å²) in [5, 5.41) is 7.31. The largest absolute Gasteiger partial charge is 0.378 e. The van der Waals surface area contributed by atoms with Crippen LogP contribution in [0.25, 0.3) is 5.69 Å². The zero-order valence-electron chi connectivity index (χ0n) is 14.6. The lowest BCUT2D eigenvalue weighted by atomic mass is 10.2. The molecule has 1 heterocycles. The van der Waals surface area contributed by atoms with Crippen molar-refractivity contribution in [2.24, 2.45) is 0 Å². The molecule has 26 heavy (non-hydrogen) atoms. The molecule has 0 bridgehead atoms. The second-order valence-corrected chi connectivity index (χ2v) is 6.39. The number of nitrogens with zero attached hydrogens (tertiary/aromatic N) is 3. The van der Waals surface area contributed by atoms with E-state index in [2.05, 4.69) is 10.4 Å². The van der Waals surface area contributed by atoms with E-state index in [1.54, 1.807) is 19.1 Å². The Kier molecular flexibility index (Phi) is 4.95. The van der Waals surface area contributed by atoms with Gasteiger partial charge in [-0.15, -0.1) is 0 Å². The van der Waals surface area contributed by atoms with Gasteiger partial charge in [-0.2, -0.15) is 5.10 Å². The minimum absolute atomic E-state index is 0.177. The van der Waals surface area contributed by atoms with Crippen LogP contribution in [0.4, 0.5) is 15.8 Å². The fourth-order valence-corrected chi connectivity index (χ4v) is 2.90. The van der Waals surface area contributed by atoms with Crippen LogP contribution in [-0.4, -0.2) is 29.8 Å². The van der Waals surface area contributed by atoms with Gasteiger partial charge in [0.15, 0.2) is 0 Å². The van der Waals surface area contributed by atoms with E-state index in [4.69, 9.17) is 11.6 Å². The maximum Gasteiger partial charge on any atom is 0.260 e. The normalized spacial score (nSPS) is 10.7. The van der Waals surface area contributed by atoms with Crippen LogP contribution in [0.3, 0.4) is 0 Å². The first-order valence-corrected chi connectivity index (χ1v) is 8.34. The zero-order chi connectivity index (χ0) is 18.8. The second-order valence-electron chi connectivity index (χ2n) is 6.03. The minimum Gasteiger partial charge on any atom is -0.378 e. The highest BCUT2D eigenvalue weighted by molar-refractivity contribution is 6.34. The third kappa shape index (κ3) is 3.55. The predicted octanol–water partition coefficient (Wildman–Crippen LogP) is 4.29. The van der Waals surface area contributed by atoms with Gasteiger partial charge < -0.3 is 10.2 Å². The molecular formula is C19H18ClFN4O. The molecule has 1 N–H and O–H groups in total. The molecule has 3 aromatic rings. The Balaban J connectivity index is 1.86. The molecular weight excluding hydrogens is 355 g/mol. The number of carbonyl (C=O) groups excluding carboxylic acids is 1. The van der Waals surface area contributed by atoms with Crippen molar-refractivity contribution in [3.8, 4) is 5.69 Å². The van der Waals surface area contributed by atoms with Crippen molar-refractivity contribution in [3.63, 3.8) is 0 Å². The van der Waals surface area contributed by atoms with Crippen LogP contribution < -0.4 is 10.2 Å². The number of benzene rings is 2. The minimum atomic E-state index is -0.354. The van der Waals surface area contributed by atoms with Gasteiger partial charge in [0.05, 0.1) is 11.4 Å². The van der Waals surface area contributed by atoms with Gasteiger partial charge >= 0.3 is 0 Å². The number of aryl methyl sites for hydroxylation is 1. The summed E-state index contributed by atoms with van der Waals surface area (Å²) in [6, 6.07) is 13.2. The van der Waals surface area contributed by atoms with E-state index in [9.17, 15) is 9.18 Å². The first-order valence-electron chi connectivity index (χ1n) is 7.96. The maximum absolute atomic E-state index is 13.1. The summed E-state index contributed by atoms with van der Waals surface area (Å²) in [6.07, 6.45) is 0. The Labute approximate surface area is 156 Å². The zero-order valence-corrected chi connectivity index (χ0v) is 15.4. The summed E-state index contributed by atoms with van der Waals surface area (Å²) in [4.78, 5) is 14.6. The Bertz CT molecular complexity index is 933. The highest BCUT2D eigenvalue weighted by Crippen LogP contribution is 2.25. The topological polar surface area (TPSA) is 50.2 Å². The lowest BCUT2D eigenvalue weighted by Crippen LogP contribution is -2.13. The number of halogens is 2. The summed E-state index contributed by atoms with van der Waals surface area (Å²) < 4.78 is 14.5. The molecule has 3 rings (SSSR count). The third-order valence-corrected chi connectivity index (χ3v) is 4.29. The molecule has 0 aliphatic heterocycles. The summed E-state index contributed by atoms with van der Waals surface area (Å²) in [5.74, 6) is -0.702. The van der Waals surface area contributed by atoms with E-state index >= 15 is 0 Å². The number of anilines is 2. The van der Waals surface area contributed by atoms with Crippen molar-refractivity contribution < 1.29 is 9.18 Å². The molecule has 0 atom stereocenters. The molecule has 7 heteroatoms. The van der Waals surface area contributed by atoms with Gasteiger partial charge in [0.25, 0.3) is 5.91 Å². The average molecular weight is 373 g/mol. The highest BCUT2D eigenvalue weighted by atomic mass is 35.5. The summed E-state index contributed by atoms with van der Waals surface area (Å²) in [5.41, 5.74) is 3.04. The average Bonchev–Trinajstić information content (AvgIpc) is 2.90. The molecule has 0 aliphatic rings. The van der Waals surface area contributed by atoms with Crippen molar-refractivity contribution in [3.05, 3.63) is 70.8 Å². The molecule has 0 aliphatic carbocycles. The summed E-state index contributed by atoms with van der Waals surface area (Å²) in [6.45, 7) is 1.70. The van der Waals surface area contributed by atoms with Gasteiger partial charge in [0.1, 0.15) is 16.5 Å². The van der Waals surface area contributed by atoms with Gasteiger partial charge in [-0.05, 0) is 55.5 Å². The smallest absolute Gasteiger partial charge is 0.260 e. The lowest BCUT2D eigenvalue weighted by molar-refractivity contribution is 0.102. The first kappa shape index (κ1) is 17.9. The molecule has 134 valence electrons. The fourth-order valence-electron chi connectivity index (χ4n) is 2.55. The Morgan fingerprint density at radius 1 is 1.12 bits per heavy atom. The number of hydrogen-bond acceptors (Lipinski definition) is 3. The maximum atomic E-state index is 13.1. The first-order chi connectivity index (χ1) is 12.4. The van der Waals surface area contributed by atoms with Gasteiger partial charge in [0, 0.05) is 25.5 Å². The second kappa shape index (κ2) is 7.17. The van der Waals surface area contributed by atoms with Crippen LogP contribution in [0.5, 0.6) is 0 Å². The Morgan fingerprint density at radius 2 is 1.73 bits per heavy atom. The van der Waals surface area contributed by atoms with Crippen LogP contribution in [0.15, 0.2) is 48.5 Å². The third-order valence-electron chi connectivity index (χ3n) is 3.94. The number of amides is 1. The molecule has 1 amide bonds. The Hall–Kier alpha value is -2.86. The van der Waals surface area contributed by atoms with Crippen LogP contribution in [-0.2, 0) is 0 Å². The standard InChI is InChI=1S/C19H18ClFN4O/c1-12-17(18(20)25(23-12)16-8-4-13(21)5-9-16)19(26)22-14-6-10-15(11-7-14)24(2)3/h4-11H,1-3H3,(H,22,26). The molecule has 0 fully saturated rings. The predicted molar refractivity (Wildman–Crippen MR) is 102 cm³/mol. The van der Waals surface area contributed by atoms with Gasteiger partial charge in [0.2, 0.25) is 0 Å². The monoisotopic (exact) mass is 372 g/mol. The number of hydrogen-bond donors (Lipinski definition) is 1. The van der Waals surface area contributed by atoms with Gasteiger partial charge in [-0.25, -0.2) is 9.07 Å². The van der Waals surface area contributed by atoms with Crippen molar-refractivity contribution in [2.45, 2.75) is 6.92 Å². The van der Waals surface area contributed by atoms with Crippen molar-refractivity contribution in [2.75, 3.05) is 24.3 Å². The van der Waals surface area contributed by atoms with E-state index < -0.39 is 0 Å². The summed E-state index contributed by atoms with van der Waals surface area (Å²) >= 11 is 6.37. The number of rotatable bonds is 4. The van der Waals surface area contributed by atoms with E-state index in [-0.39, 0.29) is 22.4 Å². The van der Waals surface area contributed by atoms with Crippen molar-refractivity contribution >= 4 is 28.9 Å². The van der Waals surface area contributed by atoms with Crippen LogP contribution in [0.1, 0.15) is 16.1 Å². The quantitative estimate of drug-likeness (QED) is 0.743. The van der Waals surface area contributed by atoms with Crippen molar-refractivity contribution in [1.29, 1.82) is 0 Å². The molecule has 0 saturated heterocycles. The summed E-state index contributed by atoms with van der Waals surface area (Å²) in [7, 11) is 3.89. The van der Waals surface area contributed by atoms with Crippen LogP contribution in [0.2, 0.25) is 5.15 Å². The molecule has 0 spiro atoms. The number of nitrogens with one attached hydrogen (secondary N) is 1. The van der Waals surface area contributed by atoms with E-state index in [0.717, 1.165) is 5.69 Å². The van der Waals surface area contributed by atoms with E-state index in [0.29, 0.717) is 17.1 Å². The molecule has 2 aromatic carbocycles. The molecule has 5 nitrogen and oxygen atoms in total. The number of carbonyl (C=O) groups is 1. The van der Waals surface area contributed by atoms with E-state index in [1.165, 1.54) is 16.8 Å². The SMILES string of the molecule is Cc1nn(-c2ccc(F)cc2)c(Cl)c1C(=O)Nc1ccc(N(C)C)cc1. The Morgan fingerprint density at radius 3 is 2.31 bits per heavy atom. The lowest BCUT2D eigenvalue weighted by Gasteiger charge is -2.13. The van der Waals surface area contributed by atoms with Crippen LogP contribution in [0, 0.1) is 12.7 Å².